The molecule has 1 aromatic carbocycles. The fraction of sp³-hybridized carbons (Fsp3) is 0.412. The van der Waals surface area contributed by atoms with Gasteiger partial charge in [0.05, 0.1) is 17.3 Å². The number of hydrogen-bond donors (Lipinski definition) is 2. The van der Waals surface area contributed by atoms with Crippen LogP contribution >= 0.6 is 0 Å². The molecule has 3 rings (SSSR count). The first-order valence-corrected chi connectivity index (χ1v) is 10.1. The Morgan fingerprint density at radius 3 is 2.59 bits per heavy atom. The van der Waals surface area contributed by atoms with Gasteiger partial charge in [-0.2, -0.15) is 35.7 Å². The number of carbonyl (C=O) groups is 1. The van der Waals surface area contributed by atoms with Gasteiger partial charge >= 0.3 is 6.18 Å². The molecule has 0 radical (unpaired) electrons. The van der Waals surface area contributed by atoms with Gasteiger partial charge < -0.3 is 5.32 Å². The third kappa shape index (κ3) is 4.43. The summed E-state index contributed by atoms with van der Waals surface area (Å²) in [5, 5.41) is 6.58. The number of nitrogens with zero attached hydrogens (tertiary/aromatic N) is 3. The lowest BCUT2D eigenvalue weighted by Gasteiger charge is -2.36. The molecule has 0 bridgehead atoms. The van der Waals surface area contributed by atoms with E-state index in [2.05, 4.69) is 15.1 Å². The number of hydrogen-bond acceptors (Lipinski definition) is 4. The molecular formula is C17H20F3N5O3S. The first kappa shape index (κ1) is 21.3. The molecule has 2 atom stereocenters. The van der Waals surface area contributed by atoms with E-state index in [1.807, 2.05) is 0 Å². The van der Waals surface area contributed by atoms with Crippen molar-refractivity contribution in [1.82, 2.24) is 18.8 Å². The molecule has 12 heteroatoms. The Hall–Kier alpha value is -2.44. The Balaban J connectivity index is 1.86. The summed E-state index contributed by atoms with van der Waals surface area (Å²) in [6, 6.07) is 2.37. The SMILES string of the molecule is Cc1nn(C)cc1[C@@H]1C[C@H](C(=O)Nc2cccc(C(F)(F)F)c2)N(C)S(=O)(=O)N1. The molecule has 1 saturated heterocycles. The van der Waals surface area contributed by atoms with Gasteiger partial charge in [-0.25, -0.2) is 0 Å². The second kappa shape index (κ2) is 7.43. The Morgan fingerprint density at radius 1 is 1.31 bits per heavy atom. The Labute approximate surface area is 165 Å². The number of benzene rings is 1. The highest BCUT2D eigenvalue weighted by molar-refractivity contribution is 7.87. The molecular weight excluding hydrogens is 411 g/mol. The van der Waals surface area contributed by atoms with Crippen LogP contribution in [-0.4, -0.2) is 41.5 Å². The van der Waals surface area contributed by atoms with Gasteiger partial charge in [0.2, 0.25) is 5.91 Å². The smallest absolute Gasteiger partial charge is 0.325 e. The van der Waals surface area contributed by atoms with E-state index in [0.29, 0.717) is 11.3 Å². The monoisotopic (exact) mass is 431 g/mol. The summed E-state index contributed by atoms with van der Waals surface area (Å²) in [5.41, 5.74) is 0.261. The number of nitrogens with one attached hydrogen (secondary N) is 2. The number of alkyl halides is 3. The molecule has 0 saturated carbocycles. The predicted octanol–water partition coefficient (Wildman–Crippen LogP) is 1.97. The lowest BCUT2D eigenvalue weighted by molar-refractivity contribution is -0.137. The normalized spacial score (nSPS) is 22.4. The number of rotatable bonds is 3. The van der Waals surface area contributed by atoms with Gasteiger partial charge in [-0.15, -0.1) is 0 Å². The van der Waals surface area contributed by atoms with Crippen molar-refractivity contribution in [2.24, 2.45) is 7.05 Å². The van der Waals surface area contributed by atoms with Crippen molar-refractivity contribution in [2.45, 2.75) is 31.6 Å². The van der Waals surface area contributed by atoms with Gasteiger partial charge in [0.1, 0.15) is 6.04 Å². The summed E-state index contributed by atoms with van der Waals surface area (Å²) < 4.78 is 68.6. The minimum atomic E-state index is -4.56. The van der Waals surface area contributed by atoms with Crippen molar-refractivity contribution >= 4 is 21.8 Å². The molecule has 1 fully saturated rings. The van der Waals surface area contributed by atoms with E-state index in [1.54, 1.807) is 20.2 Å². The molecule has 2 N–H and O–H groups in total. The minimum absolute atomic E-state index is 0.0664. The van der Waals surface area contributed by atoms with Crippen molar-refractivity contribution in [2.75, 3.05) is 12.4 Å². The molecule has 29 heavy (non-hydrogen) atoms. The average molecular weight is 431 g/mol. The Morgan fingerprint density at radius 2 is 2.00 bits per heavy atom. The van der Waals surface area contributed by atoms with Crippen LogP contribution in [0.25, 0.3) is 0 Å². The van der Waals surface area contributed by atoms with Gasteiger partial charge in [0, 0.05) is 31.5 Å². The maximum atomic E-state index is 12.9. The predicted molar refractivity (Wildman–Crippen MR) is 99.0 cm³/mol. The number of carbonyl (C=O) groups excluding carboxylic acids is 1. The molecule has 158 valence electrons. The van der Waals surface area contributed by atoms with Gasteiger partial charge in [-0.05, 0) is 31.5 Å². The second-order valence-corrected chi connectivity index (χ2v) is 8.62. The van der Waals surface area contributed by atoms with E-state index in [9.17, 15) is 26.4 Å². The summed E-state index contributed by atoms with van der Waals surface area (Å²) in [6.07, 6.45) is -2.80. The summed E-state index contributed by atoms with van der Waals surface area (Å²) in [5.74, 6) is -0.719. The number of likely N-dealkylation sites (N-methyl/N-ethyl adjacent to an activating group) is 1. The highest BCUT2D eigenvalue weighted by Gasteiger charge is 2.41. The molecule has 2 heterocycles. The van der Waals surface area contributed by atoms with Gasteiger partial charge in [-0.1, -0.05) is 6.07 Å². The second-order valence-electron chi connectivity index (χ2n) is 6.85. The number of amides is 1. The van der Waals surface area contributed by atoms with Crippen LogP contribution in [0.2, 0.25) is 0 Å². The van der Waals surface area contributed by atoms with Crippen molar-refractivity contribution < 1.29 is 26.4 Å². The maximum absolute atomic E-state index is 12.9. The fourth-order valence-corrected chi connectivity index (χ4v) is 4.54. The number of anilines is 1. The van der Waals surface area contributed by atoms with Crippen molar-refractivity contribution in [3.05, 3.63) is 47.3 Å². The molecule has 0 aliphatic carbocycles. The third-order valence-corrected chi connectivity index (χ3v) is 6.35. The first-order valence-electron chi connectivity index (χ1n) is 8.62. The summed E-state index contributed by atoms with van der Waals surface area (Å²) in [6.45, 7) is 1.72. The fourth-order valence-electron chi connectivity index (χ4n) is 3.27. The first-order chi connectivity index (χ1) is 13.4. The van der Waals surface area contributed by atoms with Crippen LogP contribution in [0.3, 0.4) is 0 Å². The summed E-state index contributed by atoms with van der Waals surface area (Å²) >= 11 is 0. The molecule has 0 unspecified atom stereocenters. The minimum Gasteiger partial charge on any atom is -0.325 e. The van der Waals surface area contributed by atoms with E-state index in [4.69, 9.17) is 0 Å². The zero-order chi connectivity index (χ0) is 21.6. The Kier molecular flexibility index (Phi) is 5.45. The zero-order valence-corrected chi connectivity index (χ0v) is 16.7. The molecule has 1 aliphatic rings. The molecule has 0 spiro atoms. The molecule has 8 nitrogen and oxygen atoms in total. The zero-order valence-electron chi connectivity index (χ0n) is 15.9. The van der Waals surface area contributed by atoms with Crippen LogP contribution in [0.4, 0.5) is 18.9 Å². The van der Waals surface area contributed by atoms with Gasteiger partial charge in [0.25, 0.3) is 10.2 Å². The average Bonchev–Trinajstić information content (AvgIpc) is 2.95. The van der Waals surface area contributed by atoms with Crippen molar-refractivity contribution in [3.63, 3.8) is 0 Å². The lowest BCUT2D eigenvalue weighted by atomic mass is 10.00. The van der Waals surface area contributed by atoms with Crippen LogP contribution in [-0.2, 0) is 28.2 Å². The standard InChI is InChI=1S/C17H20F3N5O3S/c1-10-13(9-24(2)22-10)14-8-15(25(3)29(27,28)23-14)16(26)21-12-6-4-5-11(7-12)17(18,19)20/h4-7,9,14-15,23H,8H2,1-3H3,(H,21,26)/t14-,15+/m0/s1. The van der Waals surface area contributed by atoms with E-state index in [-0.39, 0.29) is 12.1 Å². The van der Waals surface area contributed by atoms with Gasteiger partial charge in [-0.3, -0.25) is 9.48 Å². The third-order valence-electron chi connectivity index (χ3n) is 4.76. The van der Waals surface area contributed by atoms with Crippen molar-refractivity contribution in [3.8, 4) is 0 Å². The number of aromatic nitrogens is 2. The number of aryl methyl sites for hydroxylation is 2. The van der Waals surface area contributed by atoms with E-state index < -0.39 is 39.9 Å². The van der Waals surface area contributed by atoms with E-state index >= 15 is 0 Å². The number of halogens is 3. The van der Waals surface area contributed by atoms with Crippen molar-refractivity contribution in [1.29, 1.82) is 0 Å². The maximum Gasteiger partial charge on any atom is 0.416 e. The van der Waals surface area contributed by atoms with E-state index in [1.165, 1.54) is 23.9 Å². The van der Waals surface area contributed by atoms with E-state index in [0.717, 1.165) is 16.4 Å². The molecule has 1 amide bonds. The highest BCUT2D eigenvalue weighted by atomic mass is 32.2. The van der Waals surface area contributed by atoms with Crippen LogP contribution in [0.5, 0.6) is 0 Å². The van der Waals surface area contributed by atoms with Crippen LogP contribution in [0, 0.1) is 6.92 Å². The Bertz CT molecular complexity index is 1040. The molecule has 1 aromatic heterocycles. The largest absolute Gasteiger partial charge is 0.416 e. The summed E-state index contributed by atoms with van der Waals surface area (Å²) in [4.78, 5) is 12.7. The summed E-state index contributed by atoms with van der Waals surface area (Å²) in [7, 11) is -1.05. The molecule has 2 aromatic rings. The molecule has 1 aliphatic heterocycles. The van der Waals surface area contributed by atoms with Crippen LogP contribution < -0.4 is 10.0 Å². The van der Waals surface area contributed by atoms with Crippen LogP contribution in [0.15, 0.2) is 30.5 Å². The van der Waals surface area contributed by atoms with Crippen LogP contribution in [0.1, 0.15) is 29.3 Å². The highest BCUT2D eigenvalue weighted by Crippen LogP contribution is 2.32. The topological polar surface area (TPSA) is 96.3 Å². The lowest BCUT2D eigenvalue weighted by Crippen LogP contribution is -2.56. The quantitative estimate of drug-likeness (QED) is 0.777. The van der Waals surface area contributed by atoms with Gasteiger partial charge in [0.15, 0.2) is 0 Å².